The number of carbonyl (C=O) groups excluding carboxylic acids is 6. The van der Waals surface area contributed by atoms with E-state index in [0.29, 0.717) is 171 Å². The van der Waals surface area contributed by atoms with Crippen molar-refractivity contribution in [2.45, 2.75) is 154 Å². The van der Waals surface area contributed by atoms with Crippen LogP contribution < -0.4 is 10.6 Å². The summed E-state index contributed by atoms with van der Waals surface area (Å²) >= 11 is 0. The van der Waals surface area contributed by atoms with Crippen molar-refractivity contribution >= 4 is 41.2 Å². The van der Waals surface area contributed by atoms with Crippen LogP contribution in [0.4, 0.5) is 5.69 Å². The molecule has 83 heavy (non-hydrogen) atoms. The van der Waals surface area contributed by atoms with Gasteiger partial charge in [0.25, 0.3) is 11.8 Å². The summed E-state index contributed by atoms with van der Waals surface area (Å²) in [6.45, 7) is 13.5. The first-order valence-corrected chi connectivity index (χ1v) is 31.1. The lowest BCUT2D eigenvalue weighted by molar-refractivity contribution is -0.145. The Hall–Kier alpha value is -4.04. The number of fused-ring (bicyclic) bond motifs is 1. The zero-order valence-electron chi connectivity index (χ0n) is 50.2. The SMILES string of the molecule is CCCCCCCCCCCCCCCCCC(=O)OCCOCCOCCOCCOCCOCCOCCOCCOCCOCCOCCOCCOCCCCCC(=O)Nc1cccc2c1C(=O)N(C1CCC(=O)NC1=O)C2=O. The van der Waals surface area contributed by atoms with Crippen LogP contribution in [0, 0.1) is 0 Å². The second-order valence-electron chi connectivity index (χ2n) is 20.3. The number of hydrogen-bond donors (Lipinski definition) is 2. The van der Waals surface area contributed by atoms with Crippen LogP contribution in [-0.2, 0) is 80.8 Å². The number of unbranched alkanes of at least 4 members (excludes halogenated alkanes) is 16. The number of anilines is 1. The maximum absolute atomic E-state index is 13.2. The number of nitrogens with one attached hydrogen (secondary N) is 2. The van der Waals surface area contributed by atoms with Crippen molar-refractivity contribution < 1.29 is 90.3 Å². The van der Waals surface area contributed by atoms with E-state index < -0.39 is 29.7 Å². The molecule has 3 rings (SSSR count). The molecule has 0 radical (unpaired) electrons. The third-order valence-electron chi connectivity index (χ3n) is 13.5. The van der Waals surface area contributed by atoms with Gasteiger partial charge < -0.3 is 66.9 Å². The molecule has 5 amide bonds. The fourth-order valence-electron chi connectivity index (χ4n) is 8.95. The molecule has 2 heterocycles. The zero-order valence-corrected chi connectivity index (χ0v) is 50.2. The first-order chi connectivity index (χ1) is 40.8. The number of ether oxygens (including phenoxy) is 13. The summed E-state index contributed by atoms with van der Waals surface area (Å²) in [4.78, 5) is 75.7. The average Bonchev–Trinajstić information content (AvgIpc) is 3.69. The molecule has 0 aliphatic carbocycles. The average molecular weight is 1180 g/mol. The van der Waals surface area contributed by atoms with Gasteiger partial charge in [0.05, 0.1) is 169 Å². The largest absolute Gasteiger partial charge is 0.463 e. The third kappa shape index (κ3) is 37.9. The van der Waals surface area contributed by atoms with Gasteiger partial charge in [-0.25, -0.2) is 0 Å². The van der Waals surface area contributed by atoms with Crippen LogP contribution in [-0.4, -0.2) is 212 Å². The number of hydrogen-bond acceptors (Lipinski definition) is 19. The Morgan fingerprint density at radius 3 is 1.22 bits per heavy atom. The van der Waals surface area contributed by atoms with Gasteiger partial charge in [-0.1, -0.05) is 109 Å². The van der Waals surface area contributed by atoms with Crippen molar-refractivity contribution in [1.82, 2.24) is 10.2 Å². The minimum Gasteiger partial charge on any atom is -0.463 e. The molecule has 0 bridgehead atoms. The Balaban J connectivity index is 0.912. The Kier molecular flexibility index (Phi) is 46.1. The van der Waals surface area contributed by atoms with Crippen molar-refractivity contribution in [3.8, 4) is 0 Å². The molecule has 1 saturated heterocycles. The van der Waals surface area contributed by atoms with Gasteiger partial charge >= 0.3 is 5.97 Å². The predicted octanol–water partition coefficient (Wildman–Crippen LogP) is 7.59. The van der Waals surface area contributed by atoms with E-state index >= 15 is 0 Å². The molecule has 476 valence electrons. The van der Waals surface area contributed by atoms with Crippen molar-refractivity contribution in [1.29, 1.82) is 0 Å². The molecule has 1 aromatic carbocycles. The Bertz CT molecular complexity index is 1840. The number of rotatable bonds is 60. The number of imide groups is 2. The summed E-state index contributed by atoms with van der Waals surface area (Å²) in [7, 11) is 0. The summed E-state index contributed by atoms with van der Waals surface area (Å²) in [5, 5.41) is 4.91. The van der Waals surface area contributed by atoms with Crippen molar-refractivity contribution in [2.24, 2.45) is 0 Å². The smallest absolute Gasteiger partial charge is 0.305 e. The standard InChI is InChI=1S/C61H103N3O19/c1-2-3-4-5-6-7-8-9-10-11-12-13-14-15-18-24-57(67)83-51-50-82-49-48-81-47-46-80-45-44-79-43-42-78-41-40-77-39-38-76-37-36-75-35-34-74-33-32-73-31-30-72-29-28-71-27-19-16-17-23-55(65)62-53-22-20-21-52-58(53)61(70)64(60(52)69)54-25-26-56(66)63-59(54)68/h20-22,54H,2-19,23-51H2,1H3,(H,62,65)(H,63,66,68). The van der Waals surface area contributed by atoms with Crippen LogP contribution in [0.15, 0.2) is 18.2 Å². The van der Waals surface area contributed by atoms with Crippen molar-refractivity contribution in [2.75, 3.05) is 170 Å². The highest BCUT2D eigenvalue weighted by molar-refractivity contribution is 6.26. The number of piperidine rings is 1. The topological polar surface area (TPSA) is 250 Å². The Morgan fingerprint density at radius 2 is 0.807 bits per heavy atom. The molecule has 0 aromatic heterocycles. The van der Waals surface area contributed by atoms with E-state index in [1.165, 1.54) is 89.5 Å². The number of benzene rings is 1. The highest BCUT2D eigenvalue weighted by Gasteiger charge is 2.45. The monoisotopic (exact) mass is 1180 g/mol. The summed E-state index contributed by atoms with van der Waals surface area (Å²) < 4.78 is 71.7. The molecule has 1 fully saturated rings. The fraction of sp³-hybridized carbons (Fsp3) is 0.803. The molecule has 2 aliphatic heterocycles. The Labute approximate surface area is 494 Å². The third-order valence-corrected chi connectivity index (χ3v) is 13.5. The molecule has 1 aromatic rings. The molecule has 22 nitrogen and oxygen atoms in total. The van der Waals surface area contributed by atoms with E-state index in [1.807, 2.05) is 0 Å². The van der Waals surface area contributed by atoms with Gasteiger partial charge in [0.15, 0.2) is 0 Å². The molecule has 2 N–H and O–H groups in total. The van der Waals surface area contributed by atoms with Crippen LogP contribution >= 0.6 is 0 Å². The number of esters is 1. The number of carbonyl (C=O) groups is 6. The molecular formula is C61H103N3O19. The number of nitrogens with zero attached hydrogens (tertiary/aromatic N) is 1. The van der Waals surface area contributed by atoms with E-state index in [0.717, 1.165) is 30.6 Å². The lowest BCUT2D eigenvalue weighted by Crippen LogP contribution is -2.54. The highest BCUT2D eigenvalue weighted by Crippen LogP contribution is 2.32. The van der Waals surface area contributed by atoms with Gasteiger partial charge in [-0.15, -0.1) is 0 Å². The van der Waals surface area contributed by atoms with Gasteiger partial charge in [0, 0.05) is 25.9 Å². The van der Waals surface area contributed by atoms with E-state index in [1.54, 1.807) is 12.1 Å². The van der Waals surface area contributed by atoms with Crippen molar-refractivity contribution in [3.63, 3.8) is 0 Å². The number of amides is 5. The van der Waals surface area contributed by atoms with E-state index in [9.17, 15) is 28.8 Å². The summed E-state index contributed by atoms with van der Waals surface area (Å²) in [6, 6.07) is 3.52. The molecule has 22 heteroatoms. The van der Waals surface area contributed by atoms with Crippen LogP contribution in [0.2, 0.25) is 0 Å². The normalized spacial score (nSPS) is 14.2. The first-order valence-electron chi connectivity index (χ1n) is 31.1. The van der Waals surface area contributed by atoms with E-state index in [4.69, 9.17) is 61.6 Å². The van der Waals surface area contributed by atoms with E-state index in [-0.39, 0.29) is 54.6 Å². The Morgan fingerprint density at radius 1 is 0.446 bits per heavy atom. The van der Waals surface area contributed by atoms with Crippen LogP contribution in [0.1, 0.15) is 169 Å². The molecule has 0 saturated carbocycles. The van der Waals surface area contributed by atoms with Gasteiger partial charge in [-0.3, -0.25) is 39.0 Å². The fourth-order valence-corrected chi connectivity index (χ4v) is 8.95. The minimum absolute atomic E-state index is 0.0243. The lowest BCUT2D eigenvalue weighted by atomic mass is 10.0. The minimum atomic E-state index is -1.08. The highest BCUT2D eigenvalue weighted by atomic mass is 16.6. The van der Waals surface area contributed by atoms with Gasteiger partial charge in [-0.2, -0.15) is 0 Å². The van der Waals surface area contributed by atoms with Gasteiger partial charge in [-0.05, 0) is 37.8 Å². The summed E-state index contributed by atoms with van der Waals surface area (Å²) in [5.41, 5.74) is 0.372. The first kappa shape index (κ1) is 73.2. The molecule has 1 atom stereocenters. The van der Waals surface area contributed by atoms with Crippen LogP contribution in [0.25, 0.3) is 0 Å². The summed E-state index contributed by atoms with van der Waals surface area (Å²) in [5.74, 6) is -2.87. The maximum Gasteiger partial charge on any atom is 0.305 e. The quantitative estimate of drug-likeness (QED) is 0.0362. The lowest BCUT2D eigenvalue weighted by Gasteiger charge is -2.27. The van der Waals surface area contributed by atoms with E-state index in [2.05, 4.69) is 17.6 Å². The predicted molar refractivity (Wildman–Crippen MR) is 311 cm³/mol. The molecule has 2 aliphatic rings. The second-order valence-corrected chi connectivity index (χ2v) is 20.3. The molecule has 0 spiro atoms. The maximum atomic E-state index is 13.2. The zero-order chi connectivity index (χ0) is 59.3. The summed E-state index contributed by atoms with van der Waals surface area (Å²) in [6.07, 6.45) is 22.5. The van der Waals surface area contributed by atoms with Crippen LogP contribution in [0.5, 0.6) is 0 Å². The van der Waals surface area contributed by atoms with Gasteiger partial charge in [0.2, 0.25) is 17.7 Å². The molecular weight excluding hydrogens is 1080 g/mol. The van der Waals surface area contributed by atoms with Gasteiger partial charge in [0.1, 0.15) is 12.6 Å². The van der Waals surface area contributed by atoms with Crippen molar-refractivity contribution in [3.05, 3.63) is 29.3 Å². The van der Waals surface area contributed by atoms with Crippen LogP contribution in [0.3, 0.4) is 0 Å². The molecule has 1 unspecified atom stereocenters. The second kappa shape index (κ2) is 52.3.